The van der Waals surface area contributed by atoms with Gasteiger partial charge in [-0.3, -0.25) is 0 Å². The summed E-state index contributed by atoms with van der Waals surface area (Å²) in [7, 11) is 0. The van der Waals surface area contributed by atoms with Crippen molar-refractivity contribution in [3.05, 3.63) is 54.1 Å². The number of benzene rings is 2. The van der Waals surface area contributed by atoms with Crippen molar-refractivity contribution in [1.82, 2.24) is 9.97 Å². The lowest BCUT2D eigenvalue weighted by molar-refractivity contribution is 0.481. The number of nitrogens with one attached hydrogen (secondary N) is 2. The van der Waals surface area contributed by atoms with Gasteiger partial charge in [-0.2, -0.15) is 0 Å². The molecule has 0 spiro atoms. The highest BCUT2D eigenvalue weighted by molar-refractivity contribution is 5.97. The molecule has 4 heteroatoms. The Hall–Kier alpha value is -2.49. The number of anilines is 1. The number of aromatic amines is 1. The van der Waals surface area contributed by atoms with Gasteiger partial charge in [-0.25, -0.2) is 4.98 Å². The molecule has 0 fully saturated rings. The third-order valence-corrected chi connectivity index (χ3v) is 3.28. The Labute approximate surface area is 111 Å². The summed E-state index contributed by atoms with van der Waals surface area (Å²) >= 11 is 0. The van der Waals surface area contributed by atoms with Crippen LogP contribution in [-0.4, -0.2) is 15.1 Å². The van der Waals surface area contributed by atoms with Gasteiger partial charge in [0.15, 0.2) is 0 Å². The molecule has 0 amide bonds. The summed E-state index contributed by atoms with van der Waals surface area (Å²) in [6.07, 6.45) is 1.70. The monoisotopic (exact) mass is 253 g/mol. The molecule has 3 N–H and O–H groups in total. The van der Waals surface area contributed by atoms with Crippen LogP contribution < -0.4 is 5.32 Å². The molecule has 0 aliphatic rings. The Morgan fingerprint density at radius 3 is 2.74 bits per heavy atom. The predicted octanol–water partition coefficient (Wildman–Crippen LogP) is 3.19. The number of hydrogen-bond acceptors (Lipinski definition) is 3. The molecule has 0 aliphatic carbocycles. The van der Waals surface area contributed by atoms with E-state index in [2.05, 4.69) is 15.3 Å². The van der Waals surface area contributed by atoms with Crippen LogP contribution in [0.1, 0.15) is 11.4 Å². The first-order chi connectivity index (χ1) is 9.25. The maximum absolute atomic E-state index is 9.85. The number of aromatic hydroxyl groups is 1. The Kier molecular flexibility index (Phi) is 2.83. The van der Waals surface area contributed by atoms with E-state index in [-0.39, 0.29) is 0 Å². The maximum atomic E-state index is 9.85. The van der Waals surface area contributed by atoms with E-state index < -0.39 is 0 Å². The zero-order valence-corrected chi connectivity index (χ0v) is 10.6. The predicted molar refractivity (Wildman–Crippen MR) is 76.3 cm³/mol. The van der Waals surface area contributed by atoms with E-state index in [1.807, 2.05) is 37.3 Å². The molecular formula is C15H15N3O. The molecular weight excluding hydrogens is 238 g/mol. The van der Waals surface area contributed by atoms with Gasteiger partial charge in [-0.05, 0) is 19.1 Å². The number of H-pyrrole nitrogens is 1. The third-order valence-electron chi connectivity index (χ3n) is 3.28. The van der Waals surface area contributed by atoms with Gasteiger partial charge in [-0.15, -0.1) is 0 Å². The summed E-state index contributed by atoms with van der Waals surface area (Å²) in [5.74, 6) is 0.303. The zero-order chi connectivity index (χ0) is 13.2. The summed E-state index contributed by atoms with van der Waals surface area (Å²) in [5, 5.41) is 15.1. The highest BCUT2D eigenvalue weighted by Gasteiger charge is 2.05. The van der Waals surface area contributed by atoms with Crippen LogP contribution in [-0.2, 0) is 6.54 Å². The van der Waals surface area contributed by atoms with Crippen molar-refractivity contribution in [3.8, 4) is 5.75 Å². The highest BCUT2D eigenvalue weighted by Crippen LogP contribution is 2.29. The lowest BCUT2D eigenvalue weighted by Crippen LogP contribution is -2.01. The van der Waals surface area contributed by atoms with Gasteiger partial charge in [0.2, 0.25) is 0 Å². The molecule has 0 unspecified atom stereocenters. The van der Waals surface area contributed by atoms with Crippen LogP contribution in [0.2, 0.25) is 0 Å². The fourth-order valence-corrected chi connectivity index (χ4v) is 2.19. The summed E-state index contributed by atoms with van der Waals surface area (Å²) in [4.78, 5) is 7.32. The number of aromatic nitrogens is 2. The summed E-state index contributed by atoms with van der Waals surface area (Å²) in [5.41, 5.74) is 3.06. The van der Waals surface area contributed by atoms with Crippen molar-refractivity contribution in [2.45, 2.75) is 13.5 Å². The molecule has 1 heterocycles. The number of aryl methyl sites for hydroxylation is 1. The summed E-state index contributed by atoms with van der Waals surface area (Å²) < 4.78 is 0. The van der Waals surface area contributed by atoms with E-state index in [0.29, 0.717) is 12.3 Å². The molecule has 0 atom stereocenters. The van der Waals surface area contributed by atoms with Crippen LogP contribution in [0.4, 0.5) is 5.69 Å². The molecule has 0 saturated carbocycles. The summed E-state index contributed by atoms with van der Waals surface area (Å²) in [6.45, 7) is 2.66. The van der Waals surface area contributed by atoms with E-state index in [1.165, 1.54) is 0 Å². The molecule has 0 bridgehead atoms. The molecule has 0 radical (unpaired) electrons. The van der Waals surface area contributed by atoms with Crippen molar-refractivity contribution in [2.24, 2.45) is 0 Å². The van der Waals surface area contributed by atoms with Crippen molar-refractivity contribution in [1.29, 1.82) is 0 Å². The number of rotatable bonds is 3. The number of hydrogen-bond donors (Lipinski definition) is 3. The van der Waals surface area contributed by atoms with E-state index in [9.17, 15) is 5.11 Å². The SMILES string of the molecule is Cc1[nH]cnc1CNc1cccc2c(O)cccc12. The van der Waals surface area contributed by atoms with Gasteiger partial charge < -0.3 is 15.4 Å². The fraction of sp³-hybridized carbons (Fsp3) is 0.133. The standard InChI is InChI=1S/C15H15N3O/c1-10-14(18-9-17-10)8-16-13-6-2-5-12-11(13)4-3-7-15(12)19/h2-7,9,16,19H,8H2,1H3,(H,17,18). The lowest BCUT2D eigenvalue weighted by Gasteiger charge is -2.10. The first-order valence-corrected chi connectivity index (χ1v) is 6.19. The largest absolute Gasteiger partial charge is 0.507 e. The van der Waals surface area contributed by atoms with Gasteiger partial charge in [0.05, 0.1) is 18.6 Å². The van der Waals surface area contributed by atoms with Gasteiger partial charge in [0.25, 0.3) is 0 Å². The van der Waals surface area contributed by atoms with Crippen LogP contribution in [0.15, 0.2) is 42.7 Å². The van der Waals surface area contributed by atoms with Crippen molar-refractivity contribution in [3.63, 3.8) is 0 Å². The number of phenols is 1. The van der Waals surface area contributed by atoms with E-state index in [0.717, 1.165) is 27.8 Å². The second-order valence-electron chi connectivity index (χ2n) is 4.51. The molecule has 3 rings (SSSR count). The van der Waals surface area contributed by atoms with Crippen molar-refractivity contribution >= 4 is 16.5 Å². The van der Waals surface area contributed by atoms with Crippen LogP contribution >= 0.6 is 0 Å². The Morgan fingerprint density at radius 1 is 1.16 bits per heavy atom. The quantitative estimate of drug-likeness (QED) is 0.671. The molecule has 0 aliphatic heterocycles. The van der Waals surface area contributed by atoms with Crippen LogP contribution in [0, 0.1) is 6.92 Å². The molecule has 19 heavy (non-hydrogen) atoms. The fourth-order valence-electron chi connectivity index (χ4n) is 2.19. The first kappa shape index (κ1) is 11.6. The molecule has 2 aromatic carbocycles. The second-order valence-corrected chi connectivity index (χ2v) is 4.51. The van der Waals surface area contributed by atoms with Gasteiger partial charge in [0, 0.05) is 22.2 Å². The molecule has 3 aromatic rings. The Bertz CT molecular complexity index is 718. The van der Waals surface area contributed by atoms with E-state index in [4.69, 9.17) is 0 Å². The third kappa shape index (κ3) is 2.12. The van der Waals surface area contributed by atoms with Crippen LogP contribution in [0.3, 0.4) is 0 Å². The lowest BCUT2D eigenvalue weighted by atomic mass is 10.1. The minimum Gasteiger partial charge on any atom is -0.507 e. The molecule has 1 aromatic heterocycles. The minimum atomic E-state index is 0.303. The topological polar surface area (TPSA) is 60.9 Å². The zero-order valence-electron chi connectivity index (χ0n) is 10.6. The average molecular weight is 253 g/mol. The Balaban J connectivity index is 1.93. The Morgan fingerprint density at radius 2 is 1.95 bits per heavy atom. The first-order valence-electron chi connectivity index (χ1n) is 6.19. The van der Waals surface area contributed by atoms with Crippen LogP contribution in [0.5, 0.6) is 5.75 Å². The molecule has 96 valence electrons. The average Bonchev–Trinajstić information content (AvgIpc) is 2.82. The van der Waals surface area contributed by atoms with Crippen molar-refractivity contribution in [2.75, 3.05) is 5.32 Å². The van der Waals surface area contributed by atoms with Gasteiger partial charge in [0.1, 0.15) is 5.75 Å². The number of nitrogens with zero attached hydrogens (tertiary/aromatic N) is 1. The van der Waals surface area contributed by atoms with E-state index >= 15 is 0 Å². The van der Waals surface area contributed by atoms with Crippen LogP contribution in [0.25, 0.3) is 10.8 Å². The van der Waals surface area contributed by atoms with Gasteiger partial charge >= 0.3 is 0 Å². The second kappa shape index (κ2) is 4.65. The number of fused-ring (bicyclic) bond motifs is 1. The van der Waals surface area contributed by atoms with Crippen molar-refractivity contribution < 1.29 is 5.11 Å². The molecule has 4 nitrogen and oxygen atoms in total. The summed E-state index contributed by atoms with van der Waals surface area (Å²) in [6, 6.07) is 11.4. The highest BCUT2D eigenvalue weighted by atomic mass is 16.3. The molecule has 0 saturated heterocycles. The smallest absolute Gasteiger partial charge is 0.123 e. The minimum absolute atomic E-state index is 0.303. The maximum Gasteiger partial charge on any atom is 0.123 e. The normalized spacial score (nSPS) is 10.8. The van der Waals surface area contributed by atoms with Gasteiger partial charge in [-0.1, -0.05) is 24.3 Å². The number of imidazole rings is 1. The number of phenolic OH excluding ortho intramolecular Hbond substituents is 1. The van der Waals surface area contributed by atoms with E-state index in [1.54, 1.807) is 12.4 Å².